The van der Waals surface area contributed by atoms with E-state index in [2.05, 4.69) is 30.3 Å². The molecule has 0 saturated carbocycles. The van der Waals surface area contributed by atoms with Crippen molar-refractivity contribution in [2.75, 3.05) is 5.32 Å². The van der Waals surface area contributed by atoms with Crippen LogP contribution in [0.2, 0.25) is 0 Å². The molecule has 0 atom stereocenters. The summed E-state index contributed by atoms with van der Waals surface area (Å²) in [5.41, 5.74) is 2.32. The second-order valence-electron chi connectivity index (χ2n) is 3.21. The molecule has 0 aliphatic carbocycles. The molecule has 1 aromatic carbocycles. The van der Waals surface area contributed by atoms with Crippen LogP contribution in [0.5, 0.6) is 0 Å². The van der Waals surface area contributed by atoms with Crippen LogP contribution in [0.3, 0.4) is 0 Å². The summed E-state index contributed by atoms with van der Waals surface area (Å²) in [4.78, 5) is 4.19. The molecule has 0 radical (unpaired) electrons. The Morgan fingerprint density at radius 1 is 1.00 bits per heavy atom. The normalized spacial score (nSPS) is 9.71. The average Bonchev–Trinajstić information content (AvgIpc) is 2.23. The summed E-state index contributed by atoms with van der Waals surface area (Å²) in [6.45, 7) is 0. The monoisotopic (exact) mass is 182 g/mol. The van der Waals surface area contributed by atoms with Gasteiger partial charge in [0.15, 0.2) is 0 Å². The Bertz CT molecular complexity index is 397. The summed E-state index contributed by atoms with van der Waals surface area (Å²) in [7, 11) is 2.07. The highest BCUT2D eigenvalue weighted by atomic mass is 15.0. The molecular formula is C11H11BN2. The summed E-state index contributed by atoms with van der Waals surface area (Å²) < 4.78 is 0. The van der Waals surface area contributed by atoms with Crippen LogP contribution in [0.4, 0.5) is 11.5 Å². The largest absolute Gasteiger partial charge is 0.340 e. The maximum Gasteiger partial charge on any atom is 0.139 e. The van der Waals surface area contributed by atoms with Crippen LogP contribution in [0.15, 0.2) is 48.7 Å². The Kier molecular flexibility index (Phi) is 2.50. The molecule has 68 valence electrons. The molecule has 1 heterocycles. The third kappa shape index (κ3) is 2.13. The van der Waals surface area contributed by atoms with Crippen LogP contribution in [0.1, 0.15) is 0 Å². The van der Waals surface area contributed by atoms with E-state index in [1.165, 1.54) is 5.46 Å². The SMILES string of the molecule is Bc1ccc(Nc2ccccn2)cc1. The van der Waals surface area contributed by atoms with Gasteiger partial charge < -0.3 is 5.32 Å². The van der Waals surface area contributed by atoms with Crippen molar-refractivity contribution in [2.45, 2.75) is 0 Å². The number of nitrogens with zero attached hydrogens (tertiary/aromatic N) is 1. The Balaban J connectivity index is 2.16. The highest BCUT2D eigenvalue weighted by molar-refractivity contribution is 6.32. The van der Waals surface area contributed by atoms with Gasteiger partial charge in [-0.05, 0) is 24.3 Å². The molecule has 1 N–H and O–H groups in total. The molecule has 14 heavy (non-hydrogen) atoms. The van der Waals surface area contributed by atoms with Gasteiger partial charge in [-0.1, -0.05) is 23.7 Å². The smallest absolute Gasteiger partial charge is 0.139 e. The fraction of sp³-hybridized carbons (Fsp3) is 0. The molecule has 2 aromatic rings. The lowest BCUT2D eigenvalue weighted by Crippen LogP contribution is -2.01. The van der Waals surface area contributed by atoms with Crippen LogP contribution < -0.4 is 10.8 Å². The van der Waals surface area contributed by atoms with Crippen molar-refractivity contribution in [3.8, 4) is 0 Å². The molecule has 1 aromatic heterocycles. The van der Waals surface area contributed by atoms with E-state index in [4.69, 9.17) is 0 Å². The summed E-state index contributed by atoms with van der Waals surface area (Å²) >= 11 is 0. The third-order valence-electron chi connectivity index (χ3n) is 1.99. The molecule has 0 amide bonds. The number of rotatable bonds is 2. The fourth-order valence-electron chi connectivity index (χ4n) is 1.22. The van der Waals surface area contributed by atoms with Gasteiger partial charge >= 0.3 is 0 Å². The first kappa shape index (κ1) is 8.82. The topological polar surface area (TPSA) is 24.9 Å². The lowest BCUT2D eigenvalue weighted by atomic mass is 9.96. The van der Waals surface area contributed by atoms with E-state index in [1.54, 1.807) is 6.20 Å². The molecule has 0 fully saturated rings. The van der Waals surface area contributed by atoms with Crippen LogP contribution in [0.25, 0.3) is 0 Å². The maximum absolute atomic E-state index is 4.19. The minimum Gasteiger partial charge on any atom is -0.340 e. The standard InChI is InChI=1S/C11H11BN2/c12-9-4-6-10(7-5-9)14-11-3-1-2-8-13-11/h1-8H,12H2,(H,13,14). The minimum atomic E-state index is 0.872. The minimum absolute atomic E-state index is 0.872. The van der Waals surface area contributed by atoms with Gasteiger partial charge in [0.1, 0.15) is 13.7 Å². The van der Waals surface area contributed by atoms with E-state index in [0.717, 1.165) is 11.5 Å². The molecule has 0 spiro atoms. The van der Waals surface area contributed by atoms with E-state index in [0.29, 0.717) is 0 Å². The number of benzene rings is 1. The first-order chi connectivity index (χ1) is 6.84. The van der Waals surface area contributed by atoms with E-state index in [1.807, 2.05) is 30.3 Å². The Labute approximate surface area is 84.4 Å². The Morgan fingerprint density at radius 2 is 1.79 bits per heavy atom. The third-order valence-corrected chi connectivity index (χ3v) is 1.99. The highest BCUT2D eigenvalue weighted by Crippen LogP contribution is 2.11. The molecule has 0 aliphatic heterocycles. The van der Waals surface area contributed by atoms with Gasteiger partial charge in [-0.25, -0.2) is 4.98 Å². The molecule has 0 saturated heterocycles. The zero-order valence-electron chi connectivity index (χ0n) is 8.07. The van der Waals surface area contributed by atoms with Crippen LogP contribution >= 0.6 is 0 Å². The van der Waals surface area contributed by atoms with E-state index >= 15 is 0 Å². The van der Waals surface area contributed by atoms with Crippen molar-refractivity contribution in [3.05, 3.63) is 48.7 Å². The first-order valence-corrected chi connectivity index (χ1v) is 4.59. The van der Waals surface area contributed by atoms with Crippen molar-refractivity contribution < 1.29 is 0 Å². The van der Waals surface area contributed by atoms with E-state index in [-0.39, 0.29) is 0 Å². The van der Waals surface area contributed by atoms with Crippen molar-refractivity contribution in [3.63, 3.8) is 0 Å². The van der Waals surface area contributed by atoms with Gasteiger partial charge in [0, 0.05) is 11.9 Å². The van der Waals surface area contributed by atoms with Gasteiger partial charge in [0.2, 0.25) is 0 Å². The Morgan fingerprint density at radius 3 is 2.43 bits per heavy atom. The van der Waals surface area contributed by atoms with E-state index in [9.17, 15) is 0 Å². The van der Waals surface area contributed by atoms with Gasteiger partial charge in [-0.3, -0.25) is 0 Å². The molecule has 0 aliphatic rings. The predicted octanol–water partition coefficient (Wildman–Crippen LogP) is 1.08. The van der Waals surface area contributed by atoms with Crippen molar-refractivity contribution >= 4 is 24.8 Å². The number of hydrogen-bond acceptors (Lipinski definition) is 2. The van der Waals surface area contributed by atoms with Gasteiger partial charge in [0.05, 0.1) is 0 Å². The number of aromatic nitrogens is 1. The lowest BCUT2D eigenvalue weighted by Gasteiger charge is -2.04. The molecule has 3 heteroatoms. The predicted molar refractivity (Wildman–Crippen MR) is 62.1 cm³/mol. The zero-order chi connectivity index (χ0) is 9.80. The van der Waals surface area contributed by atoms with Crippen LogP contribution in [-0.4, -0.2) is 12.8 Å². The zero-order valence-corrected chi connectivity index (χ0v) is 8.07. The summed E-state index contributed by atoms with van der Waals surface area (Å²) in [5, 5.41) is 3.22. The maximum atomic E-state index is 4.19. The number of anilines is 2. The van der Waals surface area contributed by atoms with Crippen LogP contribution in [0, 0.1) is 0 Å². The highest BCUT2D eigenvalue weighted by Gasteiger charge is 1.93. The molecule has 2 nitrogen and oxygen atoms in total. The quantitative estimate of drug-likeness (QED) is 0.703. The van der Waals surface area contributed by atoms with Gasteiger partial charge in [0.25, 0.3) is 0 Å². The fourth-order valence-corrected chi connectivity index (χ4v) is 1.22. The molecule has 0 unspecified atom stereocenters. The number of hydrogen-bond donors (Lipinski definition) is 1. The molecule has 0 bridgehead atoms. The lowest BCUT2D eigenvalue weighted by molar-refractivity contribution is 1.31. The second kappa shape index (κ2) is 3.96. The van der Waals surface area contributed by atoms with Crippen molar-refractivity contribution in [2.24, 2.45) is 0 Å². The number of nitrogens with one attached hydrogen (secondary N) is 1. The van der Waals surface area contributed by atoms with Gasteiger partial charge in [-0.2, -0.15) is 0 Å². The molecule has 2 rings (SSSR count). The average molecular weight is 182 g/mol. The second-order valence-corrected chi connectivity index (χ2v) is 3.21. The molecular weight excluding hydrogens is 171 g/mol. The summed E-state index contributed by atoms with van der Waals surface area (Å²) in [6, 6.07) is 14.0. The first-order valence-electron chi connectivity index (χ1n) is 4.59. The van der Waals surface area contributed by atoms with Crippen LogP contribution in [-0.2, 0) is 0 Å². The van der Waals surface area contributed by atoms with Gasteiger partial charge in [-0.15, -0.1) is 0 Å². The number of pyridine rings is 1. The van der Waals surface area contributed by atoms with Crippen molar-refractivity contribution in [1.29, 1.82) is 0 Å². The summed E-state index contributed by atoms with van der Waals surface area (Å²) in [6.07, 6.45) is 1.77. The van der Waals surface area contributed by atoms with Crippen molar-refractivity contribution in [1.82, 2.24) is 4.98 Å². The van der Waals surface area contributed by atoms with E-state index < -0.39 is 0 Å². The Hall–Kier alpha value is -1.77. The summed E-state index contributed by atoms with van der Waals surface area (Å²) in [5.74, 6) is 0.872.